The fraction of sp³-hybridized carbons (Fsp3) is 0.250. The van der Waals surface area contributed by atoms with E-state index in [-0.39, 0.29) is 0 Å². The monoisotopic (exact) mass is 325 g/mol. The van der Waals surface area contributed by atoms with Gasteiger partial charge in [0.2, 0.25) is 0 Å². The van der Waals surface area contributed by atoms with Gasteiger partial charge < -0.3 is 0 Å². The molecule has 0 saturated carbocycles. The van der Waals surface area contributed by atoms with Crippen LogP contribution in [0.25, 0.3) is 11.1 Å². The number of nitrogens with one attached hydrogen (secondary N) is 1. The molecule has 0 aliphatic carbocycles. The fourth-order valence-electron chi connectivity index (χ4n) is 2.15. The largest absolute Gasteiger partial charge is 0.285 e. The SMILES string of the molecule is CCCc1ccc(-c2ccc(NS(C)(O)O)cc2)cc1Cl. The van der Waals surface area contributed by atoms with Crippen LogP contribution in [0.4, 0.5) is 5.69 Å². The summed E-state index contributed by atoms with van der Waals surface area (Å²) in [5.41, 5.74) is 3.93. The highest BCUT2D eigenvalue weighted by molar-refractivity contribution is 8.24. The number of hydrogen-bond acceptors (Lipinski definition) is 3. The first-order valence-electron chi connectivity index (χ1n) is 6.79. The molecule has 0 fully saturated rings. The predicted octanol–water partition coefficient (Wildman–Crippen LogP) is 5.67. The topological polar surface area (TPSA) is 52.5 Å². The molecule has 0 aliphatic rings. The van der Waals surface area contributed by atoms with Gasteiger partial charge in [-0.05, 0) is 41.3 Å². The molecule has 0 aromatic heterocycles. The van der Waals surface area contributed by atoms with Crippen molar-refractivity contribution in [1.29, 1.82) is 0 Å². The highest BCUT2D eigenvalue weighted by Crippen LogP contribution is 2.35. The number of benzene rings is 2. The first-order chi connectivity index (χ1) is 9.89. The maximum absolute atomic E-state index is 9.39. The molecule has 0 amide bonds. The summed E-state index contributed by atoms with van der Waals surface area (Å²) >= 11 is 6.30. The molecule has 0 atom stereocenters. The van der Waals surface area contributed by atoms with E-state index in [1.807, 2.05) is 30.3 Å². The molecule has 0 heterocycles. The first-order valence-corrected chi connectivity index (χ1v) is 9.12. The Bertz CT molecular complexity index is 609. The quantitative estimate of drug-likeness (QED) is 0.664. The molecule has 0 bridgehead atoms. The second-order valence-corrected chi connectivity index (χ2v) is 7.35. The Kier molecular flexibility index (Phi) is 5.17. The molecule has 0 saturated heterocycles. The number of halogens is 1. The normalized spacial score (nSPS) is 12.2. The van der Waals surface area contributed by atoms with Crippen molar-refractivity contribution in [1.82, 2.24) is 0 Å². The molecule has 0 spiro atoms. The van der Waals surface area contributed by atoms with E-state index in [1.165, 1.54) is 11.8 Å². The van der Waals surface area contributed by atoms with Crippen molar-refractivity contribution in [3.8, 4) is 11.1 Å². The van der Waals surface area contributed by atoms with Crippen LogP contribution in [0.3, 0.4) is 0 Å². The average Bonchev–Trinajstić information content (AvgIpc) is 2.40. The van der Waals surface area contributed by atoms with Gasteiger partial charge in [0.25, 0.3) is 0 Å². The zero-order valence-corrected chi connectivity index (χ0v) is 13.7. The van der Waals surface area contributed by atoms with Gasteiger partial charge in [-0.2, -0.15) is 0 Å². The van der Waals surface area contributed by atoms with Crippen molar-refractivity contribution in [3.05, 3.63) is 53.1 Å². The zero-order valence-electron chi connectivity index (χ0n) is 12.1. The van der Waals surface area contributed by atoms with Crippen LogP contribution in [0.2, 0.25) is 5.02 Å². The van der Waals surface area contributed by atoms with Crippen LogP contribution in [-0.4, -0.2) is 15.4 Å². The minimum absolute atomic E-state index is 0.676. The van der Waals surface area contributed by atoms with Gasteiger partial charge in [-0.15, -0.1) is 10.8 Å². The van der Waals surface area contributed by atoms with Crippen molar-refractivity contribution >= 4 is 28.1 Å². The molecule has 5 heteroatoms. The van der Waals surface area contributed by atoms with Crippen molar-refractivity contribution in [3.63, 3.8) is 0 Å². The van der Waals surface area contributed by atoms with Gasteiger partial charge in [0, 0.05) is 11.3 Å². The Labute approximate surface area is 132 Å². The number of aryl methyl sites for hydroxylation is 1. The van der Waals surface area contributed by atoms with E-state index < -0.39 is 10.8 Å². The second kappa shape index (κ2) is 6.71. The van der Waals surface area contributed by atoms with Crippen LogP contribution < -0.4 is 4.72 Å². The molecule has 0 unspecified atom stereocenters. The second-order valence-electron chi connectivity index (χ2n) is 5.07. The van der Waals surface area contributed by atoms with Gasteiger partial charge in [-0.3, -0.25) is 13.8 Å². The molecule has 3 N–H and O–H groups in total. The molecule has 2 aromatic rings. The summed E-state index contributed by atoms with van der Waals surface area (Å²) in [6.07, 6.45) is 3.41. The van der Waals surface area contributed by atoms with Gasteiger partial charge in [0.15, 0.2) is 0 Å². The van der Waals surface area contributed by atoms with E-state index >= 15 is 0 Å². The lowest BCUT2D eigenvalue weighted by molar-refractivity contribution is 0.502. The Morgan fingerprint density at radius 2 is 1.67 bits per heavy atom. The maximum Gasteiger partial charge on any atom is 0.0536 e. The summed E-state index contributed by atoms with van der Waals surface area (Å²) in [6, 6.07) is 13.6. The van der Waals surface area contributed by atoms with Crippen molar-refractivity contribution < 1.29 is 9.11 Å². The average molecular weight is 326 g/mol. The summed E-state index contributed by atoms with van der Waals surface area (Å²) in [4.78, 5) is 0. The number of hydrogen-bond donors (Lipinski definition) is 3. The molecule has 3 nitrogen and oxygen atoms in total. The highest BCUT2D eigenvalue weighted by Gasteiger charge is 2.06. The lowest BCUT2D eigenvalue weighted by Gasteiger charge is -2.28. The predicted molar refractivity (Wildman–Crippen MR) is 93.3 cm³/mol. The molecular formula is C16H20ClNO2S. The lowest BCUT2D eigenvalue weighted by atomic mass is 10.0. The molecule has 21 heavy (non-hydrogen) atoms. The van der Waals surface area contributed by atoms with E-state index in [4.69, 9.17) is 11.6 Å². The minimum atomic E-state index is -2.74. The van der Waals surface area contributed by atoms with Gasteiger partial charge in [-0.1, -0.05) is 49.2 Å². The van der Waals surface area contributed by atoms with Gasteiger partial charge in [-0.25, -0.2) is 0 Å². The highest BCUT2D eigenvalue weighted by atomic mass is 35.5. The molecule has 0 radical (unpaired) electrons. The van der Waals surface area contributed by atoms with Crippen LogP contribution in [0.1, 0.15) is 18.9 Å². The van der Waals surface area contributed by atoms with E-state index in [9.17, 15) is 9.11 Å². The standard InChI is InChI=1S/C16H20ClNO2S/c1-3-4-13-5-6-14(11-16(13)17)12-7-9-15(10-8-12)18-21(2,19)20/h5-11,18-20H,3-4H2,1-2H3. The van der Waals surface area contributed by atoms with Crippen LogP contribution in [-0.2, 0) is 6.42 Å². The summed E-state index contributed by atoms with van der Waals surface area (Å²) in [6.45, 7) is 2.13. The Morgan fingerprint density at radius 1 is 1.05 bits per heavy atom. The summed E-state index contributed by atoms with van der Waals surface area (Å²) < 4.78 is 21.4. The van der Waals surface area contributed by atoms with E-state index in [0.29, 0.717) is 5.69 Å². The van der Waals surface area contributed by atoms with E-state index in [0.717, 1.165) is 29.0 Å². The molecule has 0 aliphatic heterocycles. The smallest absolute Gasteiger partial charge is 0.0536 e. The van der Waals surface area contributed by atoms with Gasteiger partial charge >= 0.3 is 0 Å². The zero-order chi connectivity index (χ0) is 15.5. The summed E-state index contributed by atoms with van der Waals surface area (Å²) in [5.74, 6) is 0. The molecule has 2 aromatic carbocycles. The van der Waals surface area contributed by atoms with Crippen LogP contribution >= 0.6 is 22.4 Å². The third kappa shape index (κ3) is 4.64. The lowest BCUT2D eigenvalue weighted by Crippen LogP contribution is -2.05. The number of anilines is 1. The third-order valence-corrected chi connectivity index (χ3v) is 4.08. The first kappa shape index (κ1) is 16.2. The Hall–Kier alpha value is -1.20. The summed E-state index contributed by atoms with van der Waals surface area (Å²) in [5, 5.41) is 0.791. The van der Waals surface area contributed by atoms with E-state index in [2.05, 4.69) is 23.8 Å². The fourth-order valence-corrected chi connectivity index (χ4v) is 3.01. The van der Waals surface area contributed by atoms with E-state index in [1.54, 1.807) is 0 Å². The third-order valence-electron chi connectivity index (χ3n) is 3.10. The van der Waals surface area contributed by atoms with Gasteiger partial charge in [0.1, 0.15) is 0 Å². The molecule has 114 valence electrons. The summed E-state index contributed by atoms with van der Waals surface area (Å²) in [7, 11) is -2.74. The van der Waals surface area contributed by atoms with Crippen LogP contribution in [0.5, 0.6) is 0 Å². The maximum atomic E-state index is 9.39. The van der Waals surface area contributed by atoms with Crippen molar-refractivity contribution in [2.75, 3.05) is 11.0 Å². The number of rotatable bonds is 5. The minimum Gasteiger partial charge on any atom is -0.285 e. The van der Waals surface area contributed by atoms with Crippen LogP contribution in [0.15, 0.2) is 42.5 Å². The molecule has 2 rings (SSSR count). The molecular weight excluding hydrogens is 306 g/mol. The van der Waals surface area contributed by atoms with Crippen molar-refractivity contribution in [2.45, 2.75) is 19.8 Å². The Balaban J connectivity index is 2.21. The Morgan fingerprint density at radius 3 is 2.19 bits per heavy atom. The van der Waals surface area contributed by atoms with Crippen molar-refractivity contribution in [2.24, 2.45) is 0 Å². The van der Waals surface area contributed by atoms with Crippen LogP contribution in [0, 0.1) is 0 Å². The van der Waals surface area contributed by atoms with Gasteiger partial charge in [0.05, 0.1) is 5.69 Å².